The molecule has 0 fully saturated rings. The van der Waals surface area contributed by atoms with E-state index in [2.05, 4.69) is 5.10 Å². The van der Waals surface area contributed by atoms with Gasteiger partial charge in [0.1, 0.15) is 0 Å². The largest absolute Gasteiger partial charge is 0.296 e. The number of nitrogens with zero attached hydrogens (tertiary/aromatic N) is 2. The molecule has 0 aliphatic heterocycles. The summed E-state index contributed by atoms with van der Waals surface area (Å²) >= 11 is 0. The van der Waals surface area contributed by atoms with E-state index in [-0.39, 0.29) is 11.1 Å². The Morgan fingerprint density at radius 3 is 2.50 bits per heavy atom. The summed E-state index contributed by atoms with van der Waals surface area (Å²) in [5.74, 6) is 0. The Morgan fingerprint density at radius 2 is 1.89 bits per heavy atom. The molecule has 0 amide bonds. The highest BCUT2D eigenvalue weighted by atomic mass is 16.1. The van der Waals surface area contributed by atoms with Crippen LogP contribution in [0.5, 0.6) is 0 Å². The summed E-state index contributed by atoms with van der Waals surface area (Å²) in [7, 11) is 0. The molecule has 4 nitrogen and oxygen atoms in total. The summed E-state index contributed by atoms with van der Waals surface area (Å²) in [6.45, 7) is 5.78. The highest BCUT2D eigenvalue weighted by Crippen LogP contribution is 2.15. The van der Waals surface area contributed by atoms with Crippen molar-refractivity contribution < 1.29 is 4.79 Å². The predicted octanol–water partition coefficient (Wildman–Crippen LogP) is 1.97. The first kappa shape index (κ1) is 12.2. The summed E-state index contributed by atoms with van der Waals surface area (Å²) in [4.78, 5) is 22.3. The lowest BCUT2D eigenvalue weighted by Gasteiger charge is -2.12. The highest BCUT2D eigenvalue weighted by Gasteiger charge is 2.08. The Bertz CT molecular complexity index is 672. The minimum absolute atomic E-state index is 0.0689. The average Bonchev–Trinajstić information content (AvgIpc) is 2.30. The van der Waals surface area contributed by atoms with Crippen molar-refractivity contribution in [2.75, 3.05) is 0 Å². The smallest absolute Gasteiger partial charge is 0.211 e. The van der Waals surface area contributed by atoms with Gasteiger partial charge >= 0.3 is 0 Å². The molecule has 0 spiro atoms. The molecular weight excluding hydrogens is 228 g/mol. The lowest BCUT2D eigenvalue weighted by Crippen LogP contribution is -2.18. The Labute approximate surface area is 105 Å². The molecular formula is C14H14N2O2. The summed E-state index contributed by atoms with van der Waals surface area (Å²) in [5.41, 5.74) is 3.37. The number of hydrogen-bond donors (Lipinski definition) is 0. The zero-order chi connectivity index (χ0) is 13.3. The van der Waals surface area contributed by atoms with Gasteiger partial charge in [0.15, 0.2) is 12.0 Å². The van der Waals surface area contributed by atoms with E-state index in [0.717, 1.165) is 16.8 Å². The molecule has 0 unspecified atom stereocenters. The molecule has 2 aromatic rings. The average molecular weight is 242 g/mol. The van der Waals surface area contributed by atoms with Crippen molar-refractivity contribution in [1.82, 2.24) is 9.78 Å². The molecule has 0 bridgehead atoms. The topological polar surface area (TPSA) is 52.0 Å². The van der Waals surface area contributed by atoms with E-state index in [1.807, 2.05) is 32.0 Å². The Hall–Kier alpha value is -2.23. The number of carbonyl (C=O) groups excluding carboxylic acids is 1. The van der Waals surface area contributed by atoms with Crippen molar-refractivity contribution in [2.45, 2.75) is 20.8 Å². The van der Waals surface area contributed by atoms with Crippen molar-refractivity contribution >= 4 is 6.29 Å². The molecule has 0 atom stereocenters. The van der Waals surface area contributed by atoms with Gasteiger partial charge in [-0.3, -0.25) is 9.59 Å². The van der Waals surface area contributed by atoms with Gasteiger partial charge in [-0.15, -0.1) is 0 Å². The number of hydrogen-bond acceptors (Lipinski definition) is 3. The van der Waals surface area contributed by atoms with Crippen LogP contribution in [-0.2, 0) is 0 Å². The van der Waals surface area contributed by atoms with Gasteiger partial charge in [0.2, 0.25) is 5.43 Å². The van der Waals surface area contributed by atoms with Gasteiger partial charge in [-0.2, -0.15) is 5.10 Å². The molecule has 92 valence electrons. The fourth-order valence-electron chi connectivity index (χ4n) is 1.93. The maximum atomic E-state index is 11.5. The lowest BCUT2D eigenvalue weighted by molar-refractivity contribution is 0.111. The number of carbonyl (C=O) groups is 1. The van der Waals surface area contributed by atoms with Gasteiger partial charge in [0, 0.05) is 11.8 Å². The van der Waals surface area contributed by atoms with Crippen LogP contribution >= 0.6 is 0 Å². The molecule has 4 heteroatoms. The van der Waals surface area contributed by atoms with Crippen LogP contribution in [0.3, 0.4) is 0 Å². The first-order valence-electron chi connectivity index (χ1n) is 5.66. The van der Waals surface area contributed by atoms with Crippen LogP contribution < -0.4 is 5.43 Å². The number of benzene rings is 1. The molecule has 1 aromatic carbocycles. The standard InChI is InChI=1S/C14H14N2O2/c1-9-4-5-13(10(2)6-9)16-11(3)7-14(18)12(8-17)15-16/h4-8H,1-3H3. The Balaban J connectivity index is 2.70. The molecule has 1 aromatic heterocycles. The van der Waals surface area contributed by atoms with E-state index in [1.54, 1.807) is 11.6 Å². The first-order chi connectivity index (χ1) is 8.52. The maximum Gasteiger partial charge on any atom is 0.211 e. The van der Waals surface area contributed by atoms with Crippen molar-refractivity contribution in [1.29, 1.82) is 0 Å². The van der Waals surface area contributed by atoms with Crippen LogP contribution in [0, 0.1) is 20.8 Å². The van der Waals surface area contributed by atoms with Gasteiger partial charge in [-0.25, -0.2) is 4.68 Å². The molecule has 0 aliphatic carbocycles. The molecule has 0 radical (unpaired) electrons. The quantitative estimate of drug-likeness (QED) is 0.756. The zero-order valence-corrected chi connectivity index (χ0v) is 10.6. The van der Waals surface area contributed by atoms with Gasteiger partial charge in [-0.05, 0) is 32.4 Å². The van der Waals surface area contributed by atoms with Crippen LogP contribution in [-0.4, -0.2) is 16.1 Å². The van der Waals surface area contributed by atoms with E-state index in [1.165, 1.54) is 6.07 Å². The number of rotatable bonds is 2. The van der Waals surface area contributed by atoms with Gasteiger partial charge in [-0.1, -0.05) is 17.7 Å². The number of aryl methyl sites for hydroxylation is 3. The second kappa shape index (κ2) is 4.56. The first-order valence-corrected chi connectivity index (χ1v) is 5.66. The zero-order valence-electron chi connectivity index (χ0n) is 10.6. The molecule has 0 saturated heterocycles. The third kappa shape index (κ3) is 2.09. The van der Waals surface area contributed by atoms with Crippen molar-refractivity contribution in [3.8, 4) is 5.69 Å². The summed E-state index contributed by atoms with van der Waals surface area (Å²) in [6, 6.07) is 7.37. The predicted molar refractivity (Wildman–Crippen MR) is 69.4 cm³/mol. The van der Waals surface area contributed by atoms with E-state index in [4.69, 9.17) is 0 Å². The molecule has 0 saturated carbocycles. The molecule has 18 heavy (non-hydrogen) atoms. The maximum absolute atomic E-state index is 11.5. The van der Waals surface area contributed by atoms with Gasteiger partial charge in [0.25, 0.3) is 0 Å². The van der Waals surface area contributed by atoms with Crippen LogP contribution in [0.1, 0.15) is 27.3 Å². The number of aldehydes is 1. The highest BCUT2D eigenvalue weighted by molar-refractivity contribution is 5.71. The third-order valence-corrected chi connectivity index (χ3v) is 2.83. The van der Waals surface area contributed by atoms with Gasteiger partial charge in [0.05, 0.1) is 5.69 Å². The summed E-state index contributed by atoms with van der Waals surface area (Å²) in [5, 5.41) is 4.09. The summed E-state index contributed by atoms with van der Waals surface area (Å²) in [6.07, 6.45) is 0.488. The van der Waals surface area contributed by atoms with E-state index >= 15 is 0 Å². The van der Waals surface area contributed by atoms with Crippen molar-refractivity contribution in [3.63, 3.8) is 0 Å². The molecule has 1 heterocycles. The molecule has 2 rings (SSSR count). The minimum Gasteiger partial charge on any atom is -0.296 e. The molecule has 0 aliphatic rings. The van der Waals surface area contributed by atoms with Crippen LogP contribution in [0.25, 0.3) is 5.69 Å². The fraction of sp³-hybridized carbons (Fsp3) is 0.214. The Morgan fingerprint density at radius 1 is 1.17 bits per heavy atom. The SMILES string of the molecule is Cc1ccc(-n2nc(C=O)c(=O)cc2C)c(C)c1. The second-order valence-electron chi connectivity index (χ2n) is 4.35. The van der Waals surface area contributed by atoms with Crippen molar-refractivity contribution in [2.24, 2.45) is 0 Å². The van der Waals surface area contributed by atoms with Crippen LogP contribution in [0.4, 0.5) is 0 Å². The summed E-state index contributed by atoms with van der Waals surface area (Å²) < 4.78 is 1.62. The second-order valence-corrected chi connectivity index (χ2v) is 4.35. The monoisotopic (exact) mass is 242 g/mol. The normalized spacial score (nSPS) is 10.4. The lowest BCUT2D eigenvalue weighted by atomic mass is 10.1. The van der Waals surface area contributed by atoms with Crippen LogP contribution in [0.15, 0.2) is 29.1 Å². The third-order valence-electron chi connectivity index (χ3n) is 2.83. The van der Waals surface area contributed by atoms with E-state index in [0.29, 0.717) is 12.0 Å². The van der Waals surface area contributed by atoms with Crippen LogP contribution in [0.2, 0.25) is 0 Å². The number of aromatic nitrogens is 2. The van der Waals surface area contributed by atoms with E-state index in [9.17, 15) is 9.59 Å². The minimum atomic E-state index is -0.344. The van der Waals surface area contributed by atoms with Gasteiger partial charge < -0.3 is 0 Å². The molecule has 0 N–H and O–H groups in total. The van der Waals surface area contributed by atoms with Crippen molar-refractivity contribution in [3.05, 3.63) is 57.0 Å². The Kier molecular flexibility index (Phi) is 3.10. The fourth-order valence-corrected chi connectivity index (χ4v) is 1.93. The van der Waals surface area contributed by atoms with E-state index < -0.39 is 0 Å².